The normalized spacial score (nSPS) is 15.3. The maximum atomic E-state index is 11.6. The molecule has 0 unspecified atom stereocenters. The number of hydrogen-bond acceptors (Lipinski definition) is 0. The monoisotopic (exact) mass is 158 g/mol. The largest absolute Gasteiger partial charge is 0.416 e. The van der Waals surface area contributed by atoms with Gasteiger partial charge in [-0.3, -0.25) is 0 Å². The molecule has 0 saturated carbocycles. The Bertz CT molecular complexity index is 81.0. The third-order valence-electron chi connectivity index (χ3n) is 0.654. The Morgan fingerprint density at radius 3 is 1.44 bits per heavy atom. The fraction of sp³-hybridized carbons (Fsp3) is 1.00. The molecule has 0 bridgehead atoms. The van der Waals surface area contributed by atoms with E-state index in [1.807, 2.05) is 0 Å². The molecule has 0 amide bonds. The third kappa shape index (κ3) is 7.97. The van der Waals surface area contributed by atoms with Crippen LogP contribution in [0.4, 0.5) is 13.2 Å². The SMILES string of the molecule is C[N+](C)(C)[SiH2]C(F)(F)F. The first-order valence-electron chi connectivity index (χ1n) is 2.58. The molecule has 0 saturated heterocycles. The van der Waals surface area contributed by atoms with Crippen LogP contribution < -0.4 is 0 Å². The van der Waals surface area contributed by atoms with Crippen molar-refractivity contribution in [2.45, 2.75) is 5.80 Å². The fourth-order valence-electron chi connectivity index (χ4n) is 0.538. The maximum Gasteiger partial charge on any atom is 0.416 e. The van der Waals surface area contributed by atoms with Crippen LogP contribution in [0.25, 0.3) is 0 Å². The van der Waals surface area contributed by atoms with E-state index < -0.39 is 15.5 Å². The second-order valence-electron chi connectivity index (χ2n) is 3.06. The number of quaternary nitrogens is 1. The quantitative estimate of drug-likeness (QED) is 0.481. The zero-order valence-corrected chi connectivity index (χ0v) is 7.20. The predicted molar refractivity (Wildman–Crippen MR) is 32.6 cm³/mol. The molecule has 56 valence electrons. The van der Waals surface area contributed by atoms with Gasteiger partial charge in [0.25, 0.3) is 0 Å². The predicted octanol–water partition coefficient (Wildman–Crippen LogP) is 0.296. The molecule has 0 aromatic heterocycles. The Labute approximate surface area is 55.0 Å². The average Bonchev–Trinajstić information content (AvgIpc) is 1.14. The first-order chi connectivity index (χ1) is 3.71. The summed E-state index contributed by atoms with van der Waals surface area (Å²) in [6.45, 7) is 0. The van der Waals surface area contributed by atoms with E-state index in [1.54, 1.807) is 21.1 Å². The van der Waals surface area contributed by atoms with E-state index in [0.717, 1.165) is 0 Å². The molecule has 0 aliphatic heterocycles. The molecule has 0 heterocycles. The highest BCUT2D eigenvalue weighted by atomic mass is 28.2. The van der Waals surface area contributed by atoms with Crippen LogP contribution in [0.3, 0.4) is 0 Å². The summed E-state index contributed by atoms with van der Waals surface area (Å²) in [5.74, 6) is -3.90. The van der Waals surface area contributed by atoms with Crippen molar-refractivity contribution in [3.05, 3.63) is 0 Å². The smallest absolute Gasteiger partial charge is 0.389 e. The highest BCUT2D eigenvalue weighted by molar-refractivity contribution is 6.28. The summed E-state index contributed by atoms with van der Waals surface area (Å²) in [6, 6.07) is 0. The molecule has 0 aliphatic carbocycles. The summed E-state index contributed by atoms with van der Waals surface area (Å²) in [5.41, 5.74) is 0. The van der Waals surface area contributed by atoms with Crippen LogP contribution in [-0.2, 0) is 0 Å². The van der Waals surface area contributed by atoms with Gasteiger partial charge in [0.2, 0.25) is 0 Å². The molecule has 0 radical (unpaired) electrons. The van der Waals surface area contributed by atoms with Crippen LogP contribution in [0, 0.1) is 0 Å². The number of nitrogens with zero attached hydrogens (tertiary/aromatic N) is 1. The van der Waals surface area contributed by atoms with Crippen LogP contribution in [0.1, 0.15) is 0 Å². The first-order valence-corrected chi connectivity index (χ1v) is 3.92. The van der Waals surface area contributed by atoms with E-state index in [1.165, 1.54) is 0 Å². The highest BCUT2D eigenvalue weighted by Crippen LogP contribution is 2.14. The van der Waals surface area contributed by atoms with Gasteiger partial charge in [0.05, 0.1) is 21.1 Å². The molecule has 0 aliphatic rings. The van der Waals surface area contributed by atoms with Crippen LogP contribution in [0.5, 0.6) is 0 Å². The zero-order chi connectivity index (χ0) is 7.71. The lowest BCUT2D eigenvalue weighted by molar-refractivity contribution is -0.760. The minimum atomic E-state index is -3.90. The minimum absolute atomic E-state index is 0.0729. The van der Waals surface area contributed by atoms with Crippen molar-refractivity contribution in [3.8, 4) is 0 Å². The molecule has 0 fully saturated rings. The molecule has 0 aromatic rings. The molecule has 9 heavy (non-hydrogen) atoms. The molecule has 0 spiro atoms. The van der Waals surface area contributed by atoms with E-state index in [9.17, 15) is 13.2 Å². The van der Waals surface area contributed by atoms with Gasteiger partial charge >= 0.3 is 15.5 Å². The van der Waals surface area contributed by atoms with E-state index >= 15 is 0 Å². The molecular weight excluding hydrogens is 147 g/mol. The van der Waals surface area contributed by atoms with E-state index in [0.29, 0.717) is 0 Å². The molecule has 0 aromatic carbocycles. The number of hydrogen-bond donors (Lipinski definition) is 0. The lowest BCUT2D eigenvalue weighted by atomic mass is 11.0. The molecule has 0 atom stereocenters. The van der Waals surface area contributed by atoms with Gasteiger partial charge in [-0.15, -0.1) is 0 Å². The van der Waals surface area contributed by atoms with Gasteiger partial charge in [-0.2, -0.15) is 13.2 Å². The fourth-order valence-corrected chi connectivity index (χ4v) is 1.61. The second kappa shape index (κ2) is 2.30. The topological polar surface area (TPSA) is 0 Å². The summed E-state index contributed by atoms with van der Waals surface area (Å²) in [5, 5.41) is 0. The van der Waals surface area contributed by atoms with Gasteiger partial charge < -0.3 is 4.15 Å². The minimum Gasteiger partial charge on any atom is -0.389 e. The second-order valence-corrected chi connectivity index (χ2v) is 6.08. The van der Waals surface area contributed by atoms with Gasteiger partial charge in [-0.05, 0) is 0 Å². The third-order valence-corrected chi connectivity index (χ3v) is 1.96. The molecule has 1 nitrogen and oxygen atoms in total. The van der Waals surface area contributed by atoms with E-state index in [4.69, 9.17) is 0 Å². The van der Waals surface area contributed by atoms with Gasteiger partial charge in [0.15, 0.2) is 0 Å². The Kier molecular flexibility index (Phi) is 2.29. The van der Waals surface area contributed by atoms with Crippen molar-refractivity contribution in [1.29, 1.82) is 0 Å². The van der Waals surface area contributed by atoms with Crippen molar-refractivity contribution >= 4 is 9.68 Å². The number of alkyl halides is 3. The Hall–Kier alpha value is -0.0331. The number of rotatable bonds is 1. The van der Waals surface area contributed by atoms with E-state index in [2.05, 4.69) is 0 Å². The van der Waals surface area contributed by atoms with Crippen LogP contribution >= 0.6 is 0 Å². The summed E-state index contributed by atoms with van der Waals surface area (Å²) in [7, 11) is 2.73. The van der Waals surface area contributed by atoms with Crippen molar-refractivity contribution in [3.63, 3.8) is 0 Å². The molecular formula is C4H11F3NSi+. The molecule has 0 N–H and O–H groups in total. The molecule has 5 heteroatoms. The Balaban J connectivity index is 3.75. The van der Waals surface area contributed by atoms with Gasteiger partial charge in [-0.1, -0.05) is 0 Å². The highest BCUT2D eigenvalue weighted by Gasteiger charge is 2.37. The lowest BCUT2D eigenvalue weighted by Gasteiger charge is -2.25. The van der Waals surface area contributed by atoms with Gasteiger partial charge in [-0.25, -0.2) is 0 Å². The Morgan fingerprint density at radius 2 is 1.44 bits per heavy atom. The van der Waals surface area contributed by atoms with Crippen LogP contribution in [0.2, 0.25) is 0 Å². The van der Waals surface area contributed by atoms with Crippen LogP contribution in [-0.4, -0.2) is 40.8 Å². The van der Waals surface area contributed by atoms with Gasteiger partial charge in [0.1, 0.15) is 0 Å². The standard InChI is InChI=1S/C4H11F3NSi/c1-8(2,3)9-4(5,6)7/h9H2,1-3H3/q+1. The number of halogens is 3. The summed E-state index contributed by atoms with van der Waals surface area (Å²) < 4.78 is 34.9. The Morgan fingerprint density at radius 1 is 1.11 bits per heavy atom. The van der Waals surface area contributed by atoms with Gasteiger partial charge in [0, 0.05) is 0 Å². The summed E-state index contributed by atoms with van der Waals surface area (Å²) in [4.78, 5) is 0. The van der Waals surface area contributed by atoms with Crippen molar-refractivity contribution in [2.75, 3.05) is 21.1 Å². The lowest BCUT2D eigenvalue weighted by Crippen LogP contribution is -2.46. The summed E-state index contributed by atoms with van der Waals surface area (Å²) >= 11 is 0. The molecule has 0 rings (SSSR count). The first kappa shape index (κ1) is 8.97. The van der Waals surface area contributed by atoms with Crippen molar-refractivity contribution < 1.29 is 17.3 Å². The van der Waals surface area contributed by atoms with Crippen molar-refractivity contribution in [2.24, 2.45) is 0 Å². The van der Waals surface area contributed by atoms with Crippen molar-refractivity contribution in [1.82, 2.24) is 0 Å². The van der Waals surface area contributed by atoms with E-state index in [-0.39, 0.29) is 4.15 Å². The zero-order valence-electron chi connectivity index (χ0n) is 5.79. The average molecular weight is 158 g/mol. The summed E-state index contributed by atoms with van der Waals surface area (Å²) in [6.07, 6.45) is 0. The van der Waals surface area contributed by atoms with Crippen LogP contribution in [0.15, 0.2) is 0 Å². The maximum absolute atomic E-state index is 11.6.